The molecule has 0 unspecified atom stereocenters. The lowest BCUT2D eigenvalue weighted by Crippen LogP contribution is -2.51. The van der Waals surface area contributed by atoms with Crippen molar-refractivity contribution in [2.75, 3.05) is 7.11 Å². The summed E-state index contributed by atoms with van der Waals surface area (Å²) in [6, 6.07) is 17.5. The lowest BCUT2D eigenvalue weighted by Gasteiger charge is -2.51. The molecule has 216 valence electrons. The third kappa shape index (κ3) is 4.90. The van der Waals surface area contributed by atoms with Crippen LogP contribution in [0.1, 0.15) is 87.0 Å². The number of benzene rings is 3. The molecule has 0 aliphatic heterocycles. The first-order valence-electron chi connectivity index (χ1n) is 14.9. The van der Waals surface area contributed by atoms with E-state index >= 15 is 4.39 Å². The van der Waals surface area contributed by atoms with Crippen LogP contribution in [0.2, 0.25) is 0 Å². The van der Waals surface area contributed by atoms with Gasteiger partial charge in [-0.3, -0.25) is 4.79 Å². The Morgan fingerprint density at radius 1 is 0.951 bits per heavy atom. The molecule has 3 atom stereocenters. The van der Waals surface area contributed by atoms with Crippen molar-refractivity contribution in [2.24, 2.45) is 17.2 Å². The summed E-state index contributed by atoms with van der Waals surface area (Å²) in [7, 11) is 1.61. The van der Waals surface area contributed by atoms with Crippen LogP contribution >= 0.6 is 0 Å². The van der Waals surface area contributed by atoms with Crippen LogP contribution in [0, 0.1) is 17.2 Å². The van der Waals surface area contributed by atoms with E-state index in [9.17, 15) is 4.79 Å². The number of rotatable bonds is 7. The normalized spacial score (nSPS) is 24.4. The van der Waals surface area contributed by atoms with Gasteiger partial charge in [-0.25, -0.2) is 4.39 Å². The van der Waals surface area contributed by atoms with Gasteiger partial charge in [0.15, 0.2) is 0 Å². The van der Waals surface area contributed by atoms with Gasteiger partial charge >= 0.3 is 5.97 Å². The van der Waals surface area contributed by atoms with Crippen molar-refractivity contribution < 1.29 is 23.5 Å². The van der Waals surface area contributed by atoms with E-state index in [1.165, 1.54) is 22.8 Å². The van der Waals surface area contributed by atoms with Gasteiger partial charge in [0.1, 0.15) is 23.9 Å². The standard InChI is InChI=1S/C35H40FNO4/c1-34(2)15-5-7-29(34)27-18-22(8-12-26(27)28-19-24(39-3)11-13-32(28)36)21-40-25-10-9-23-6-4-16-35(31(23)20-25)17-14-30(35)33(38)41-37/h8-13,18-20,29-30H,4-7,14-17,21,37H2,1-3H3/t29-,30-,35+/m0/s1. The molecular weight excluding hydrogens is 517 g/mol. The minimum atomic E-state index is -0.314. The van der Waals surface area contributed by atoms with Crippen molar-refractivity contribution in [3.8, 4) is 22.6 Å². The maximum absolute atomic E-state index is 15.1. The minimum Gasteiger partial charge on any atom is -0.497 e. The first-order chi connectivity index (χ1) is 19.8. The van der Waals surface area contributed by atoms with E-state index in [0.29, 0.717) is 23.8 Å². The highest BCUT2D eigenvalue weighted by molar-refractivity contribution is 5.76. The van der Waals surface area contributed by atoms with Gasteiger partial charge in [0.2, 0.25) is 0 Å². The van der Waals surface area contributed by atoms with E-state index in [0.717, 1.165) is 68.2 Å². The molecule has 2 saturated carbocycles. The van der Waals surface area contributed by atoms with Gasteiger partial charge in [-0.1, -0.05) is 44.5 Å². The number of ether oxygens (including phenoxy) is 2. The molecule has 3 aromatic carbocycles. The van der Waals surface area contributed by atoms with E-state index in [1.54, 1.807) is 19.2 Å². The predicted molar refractivity (Wildman–Crippen MR) is 157 cm³/mol. The van der Waals surface area contributed by atoms with Crippen molar-refractivity contribution in [3.63, 3.8) is 0 Å². The van der Waals surface area contributed by atoms with Crippen molar-refractivity contribution in [3.05, 3.63) is 82.7 Å². The maximum atomic E-state index is 15.1. The summed E-state index contributed by atoms with van der Waals surface area (Å²) in [5.41, 5.74) is 6.13. The van der Waals surface area contributed by atoms with E-state index < -0.39 is 0 Å². The first kappa shape index (κ1) is 27.8. The Balaban J connectivity index is 1.31. The van der Waals surface area contributed by atoms with Gasteiger partial charge in [-0.05, 0) is 114 Å². The lowest BCUT2D eigenvalue weighted by atomic mass is 9.52. The summed E-state index contributed by atoms with van der Waals surface area (Å²) in [5.74, 6) is 6.28. The van der Waals surface area contributed by atoms with Crippen LogP contribution in [0.4, 0.5) is 4.39 Å². The number of nitrogens with two attached hydrogens (primary N) is 1. The van der Waals surface area contributed by atoms with Crippen LogP contribution < -0.4 is 15.4 Å². The van der Waals surface area contributed by atoms with Crippen LogP contribution in [-0.2, 0) is 28.1 Å². The Hall–Kier alpha value is -3.38. The zero-order valence-corrected chi connectivity index (χ0v) is 24.3. The number of aryl methyl sites for hydroxylation is 1. The molecule has 3 aromatic rings. The van der Waals surface area contributed by atoms with Gasteiger partial charge in [0.05, 0.1) is 13.0 Å². The lowest BCUT2D eigenvalue weighted by molar-refractivity contribution is -0.157. The van der Waals surface area contributed by atoms with Gasteiger partial charge in [-0.2, -0.15) is 5.90 Å². The van der Waals surface area contributed by atoms with Gasteiger partial charge in [-0.15, -0.1) is 0 Å². The Kier molecular flexibility index (Phi) is 7.31. The van der Waals surface area contributed by atoms with Crippen molar-refractivity contribution >= 4 is 5.97 Å². The van der Waals surface area contributed by atoms with Crippen LogP contribution in [0.3, 0.4) is 0 Å². The van der Waals surface area contributed by atoms with Gasteiger partial charge in [0, 0.05) is 11.0 Å². The third-order valence-corrected chi connectivity index (χ3v) is 10.3. The number of fused-ring (bicyclic) bond motifs is 2. The Labute approximate surface area is 242 Å². The number of hydrogen-bond donors (Lipinski definition) is 1. The second-order valence-electron chi connectivity index (χ2n) is 12.8. The summed E-state index contributed by atoms with van der Waals surface area (Å²) in [4.78, 5) is 17.1. The molecule has 0 bridgehead atoms. The second kappa shape index (κ2) is 10.8. The molecular formula is C35H40FNO4. The molecule has 3 aliphatic carbocycles. The summed E-state index contributed by atoms with van der Waals surface area (Å²) >= 11 is 0. The fraction of sp³-hybridized carbons (Fsp3) is 0.457. The van der Waals surface area contributed by atoms with Gasteiger partial charge < -0.3 is 14.3 Å². The van der Waals surface area contributed by atoms with Crippen molar-refractivity contribution in [1.29, 1.82) is 0 Å². The van der Waals surface area contributed by atoms with Gasteiger partial charge in [0.25, 0.3) is 0 Å². The Morgan fingerprint density at radius 3 is 2.49 bits per heavy atom. The molecule has 6 heteroatoms. The topological polar surface area (TPSA) is 70.8 Å². The molecule has 0 radical (unpaired) electrons. The van der Waals surface area contributed by atoms with E-state index in [4.69, 9.17) is 15.4 Å². The highest BCUT2D eigenvalue weighted by Gasteiger charge is 2.54. The number of carbonyl (C=O) groups is 1. The van der Waals surface area contributed by atoms with Crippen molar-refractivity contribution in [2.45, 2.75) is 83.2 Å². The average Bonchev–Trinajstić information content (AvgIpc) is 3.33. The third-order valence-electron chi connectivity index (χ3n) is 10.3. The molecule has 0 saturated heterocycles. The largest absolute Gasteiger partial charge is 0.497 e. The Bertz CT molecular complexity index is 1470. The van der Waals surface area contributed by atoms with Crippen molar-refractivity contribution in [1.82, 2.24) is 0 Å². The molecule has 0 amide bonds. The molecule has 5 nitrogen and oxygen atoms in total. The number of halogens is 1. The SMILES string of the molecule is COc1ccc(F)c(-c2ccc(COc3ccc4c(c3)[C@]3(CCC4)CC[C@H]3C(=O)ON)cc2[C@@H]2CCCC2(C)C)c1. The van der Waals surface area contributed by atoms with E-state index in [1.807, 2.05) is 18.2 Å². The van der Waals surface area contributed by atoms with Crippen LogP contribution in [0.25, 0.3) is 11.1 Å². The molecule has 0 aromatic heterocycles. The summed E-state index contributed by atoms with van der Waals surface area (Å²) in [6.07, 6.45) is 8.18. The predicted octanol–water partition coefficient (Wildman–Crippen LogP) is 7.78. The zero-order valence-electron chi connectivity index (χ0n) is 24.3. The summed E-state index contributed by atoms with van der Waals surface area (Å²) in [6.45, 7) is 5.04. The number of methoxy groups -OCH3 is 1. The fourth-order valence-corrected chi connectivity index (χ4v) is 7.88. The summed E-state index contributed by atoms with van der Waals surface area (Å²) < 4.78 is 26.9. The molecule has 6 rings (SSSR count). The van der Waals surface area contributed by atoms with Crippen LogP contribution in [0.5, 0.6) is 11.5 Å². The zero-order chi connectivity index (χ0) is 28.8. The average molecular weight is 558 g/mol. The highest BCUT2D eigenvalue weighted by Crippen LogP contribution is 2.56. The Morgan fingerprint density at radius 2 is 1.78 bits per heavy atom. The van der Waals surface area contributed by atoms with E-state index in [2.05, 4.69) is 36.9 Å². The molecule has 2 fully saturated rings. The first-order valence-corrected chi connectivity index (χ1v) is 14.9. The molecule has 1 spiro atoms. The summed E-state index contributed by atoms with van der Waals surface area (Å²) in [5, 5.41) is 0. The highest BCUT2D eigenvalue weighted by atomic mass is 19.1. The monoisotopic (exact) mass is 557 g/mol. The quantitative estimate of drug-likeness (QED) is 0.301. The fourth-order valence-electron chi connectivity index (χ4n) is 7.88. The smallest absolute Gasteiger partial charge is 0.328 e. The number of carbonyl (C=O) groups excluding carboxylic acids is 1. The van der Waals surface area contributed by atoms with Crippen LogP contribution in [-0.4, -0.2) is 13.1 Å². The number of hydrogen-bond acceptors (Lipinski definition) is 5. The van der Waals surface area contributed by atoms with E-state index in [-0.39, 0.29) is 28.5 Å². The maximum Gasteiger partial charge on any atom is 0.328 e. The molecule has 3 aliphatic rings. The minimum absolute atomic E-state index is 0.125. The molecule has 41 heavy (non-hydrogen) atoms. The second-order valence-corrected chi connectivity index (χ2v) is 12.8. The molecule has 0 heterocycles. The van der Waals surface area contributed by atoms with Crippen LogP contribution in [0.15, 0.2) is 54.6 Å². The molecule has 2 N–H and O–H groups in total.